The number of guanidine groups is 1. The van der Waals surface area contributed by atoms with Gasteiger partial charge >= 0.3 is 0 Å². The third kappa shape index (κ3) is 6.14. The smallest absolute Gasteiger partial charge is 0.202 e. The zero-order valence-electron chi connectivity index (χ0n) is 9.79. The number of rotatable bonds is 3. The molecule has 0 aliphatic carbocycles. The molecule has 1 aromatic rings. The van der Waals surface area contributed by atoms with E-state index in [4.69, 9.17) is 34.2 Å². The number of benzene rings is 1. The molecule has 0 saturated heterocycles. The molecule has 18 heavy (non-hydrogen) atoms. The van der Waals surface area contributed by atoms with Crippen LogP contribution in [0.1, 0.15) is 5.56 Å². The van der Waals surface area contributed by atoms with Gasteiger partial charge in [0.25, 0.3) is 0 Å². The van der Waals surface area contributed by atoms with Gasteiger partial charge in [-0.1, -0.05) is 29.3 Å². The third-order valence-electron chi connectivity index (χ3n) is 1.85. The Labute approximate surface area is 117 Å². The molecule has 0 unspecified atom stereocenters. The van der Waals surface area contributed by atoms with Gasteiger partial charge in [-0.3, -0.25) is 10.3 Å². The topological polar surface area (TPSA) is 74.2 Å². The van der Waals surface area contributed by atoms with Crippen molar-refractivity contribution in [3.05, 3.63) is 47.0 Å². The van der Waals surface area contributed by atoms with Crippen molar-refractivity contribution in [2.24, 2.45) is 10.7 Å². The highest BCUT2D eigenvalue weighted by molar-refractivity contribution is 6.42. The van der Waals surface area contributed by atoms with Crippen molar-refractivity contribution < 1.29 is 0 Å². The highest BCUT2D eigenvalue weighted by atomic mass is 35.5. The molecule has 6 heteroatoms. The molecule has 1 aromatic carbocycles. The van der Waals surface area contributed by atoms with Crippen molar-refractivity contribution in [2.45, 2.75) is 6.42 Å². The SMILES string of the molecule is C=C.N#CNC(N)=NCCc1ccc(Cl)c(Cl)c1. The number of nitrogens with zero attached hydrogens (tertiary/aromatic N) is 2. The van der Waals surface area contributed by atoms with Crippen molar-refractivity contribution >= 4 is 29.2 Å². The highest BCUT2D eigenvalue weighted by Gasteiger charge is 1.99. The van der Waals surface area contributed by atoms with Crippen LogP contribution in [-0.2, 0) is 6.42 Å². The fourth-order valence-corrected chi connectivity index (χ4v) is 1.42. The Morgan fingerprint density at radius 1 is 1.39 bits per heavy atom. The molecule has 0 fully saturated rings. The summed E-state index contributed by atoms with van der Waals surface area (Å²) in [5, 5.41) is 11.6. The summed E-state index contributed by atoms with van der Waals surface area (Å²) in [7, 11) is 0. The van der Waals surface area contributed by atoms with Crippen LogP contribution in [0.5, 0.6) is 0 Å². The van der Waals surface area contributed by atoms with Crippen molar-refractivity contribution in [1.29, 1.82) is 5.26 Å². The maximum Gasteiger partial charge on any atom is 0.202 e. The van der Waals surface area contributed by atoms with Crippen LogP contribution in [0.3, 0.4) is 0 Å². The standard InChI is InChI=1S/C10H10Cl2N4.C2H4/c11-8-2-1-7(5-9(8)12)3-4-15-10(14)16-6-13;1-2/h1-2,5H,3-4H2,(H3,14,15,16);1-2H2. The minimum absolute atomic E-state index is 0.113. The number of aliphatic imine (C=N–C) groups is 1. The predicted molar refractivity (Wildman–Crippen MR) is 76.7 cm³/mol. The first-order valence-corrected chi connectivity index (χ1v) is 5.78. The molecule has 0 aliphatic rings. The summed E-state index contributed by atoms with van der Waals surface area (Å²) in [5.74, 6) is 0.113. The number of hydrogen-bond donors (Lipinski definition) is 2. The molecule has 0 atom stereocenters. The van der Waals surface area contributed by atoms with Gasteiger partial charge in [-0.25, -0.2) is 0 Å². The Bertz CT molecular complexity index is 452. The first kappa shape index (κ1) is 16.3. The van der Waals surface area contributed by atoms with Gasteiger partial charge in [-0.15, -0.1) is 13.2 Å². The third-order valence-corrected chi connectivity index (χ3v) is 2.59. The van der Waals surface area contributed by atoms with E-state index in [1.54, 1.807) is 18.3 Å². The minimum Gasteiger partial charge on any atom is -0.369 e. The Morgan fingerprint density at radius 2 is 2.06 bits per heavy atom. The maximum absolute atomic E-state index is 8.27. The summed E-state index contributed by atoms with van der Waals surface area (Å²) >= 11 is 11.6. The lowest BCUT2D eigenvalue weighted by atomic mass is 10.1. The molecule has 0 radical (unpaired) electrons. The summed E-state index contributed by atoms with van der Waals surface area (Å²) in [4.78, 5) is 3.95. The molecule has 0 aromatic heterocycles. The van der Waals surface area contributed by atoms with Crippen LogP contribution in [0, 0.1) is 11.5 Å². The molecule has 0 saturated carbocycles. The fraction of sp³-hybridized carbons (Fsp3) is 0.167. The van der Waals surface area contributed by atoms with E-state index in [0.29, 0.717) is 23.0 Å². The zero-order valence-corrected chi connectivity index (χ0v) is 11.3. The van der Waals surface area contributed by atoms with Gasteiger partial charge in [0.05, 0.1) is 10.0 Å². The van der Waals surface area contributed by atoms with Crippen LogP contribution in [0.4, 0.5) is 0 Å². The Kier molecular flexibility index (Phi) is 8.46. The first-order chi connectivity index (χ1) is 8.63. The van der Waals surface area contributed by atoms with E-state index in [2.05, 4.69) is 23.5 Å². The Morgan fingerprint density at radius 3 is 2.61 bits per heavy atom. The summed E-state index contributed by atoms with van der Waals surface area (Å²) in [6, 6.07) is 5.39. The van der Waals surface area contributed by atoms with Gasteiger partial charge in [0.15, 0.2) is 6.19 Å². The number of hydrogen-bond acceptors (Lipinski definition) is 2. The second-order valence-electron chi connectivity index (χ2n) is 3.00. The molecule has 0 aliphatic heterocycles. The van der Waals surface area contributed by atoms with Gasteiger partial charge in [0, 0.05) is 6.54 Å². The molecule has 4 nitrogen and oxygen atoms in total. The number of nitrogens with two attached hydrogens (primary N) is 1. The van der Waals surface area contributed by atoms with Crippen LogP contribution in [0.2, 0.25) is 10.0 Å². The summed E-state index contributed by atoms with van der Waals surface area (Å²) in [5.41, 5.74) is 6.39. The molecule has 3 N–H and O–H groups in total. The highest BCUT2D eigenvalue weighted by Crippen LogP contribution is 2.22. The second kappa shape index (κ2) is 9.34. The van der Waals surface area contributed by atoms with E-state index < -0.39 is 0 Å². The van der Waals surface area contributed by atoms with Crippen molar-refractivity contribution in [3.8, 4) is 6.19 Å². The lowest BCUT2D eigenvalue weighted by Gasteiger charge is -2.01. The maximum atomic E-state index is 8.27. The molecule has 0 spiro atoms. The number of halogens is 2. The van der Waals surface area contributed by atoms with Gasteiger partial charge in [0.1, 0.15) is 0 Å². The van der Waals surface area contributed by atoms with E-state index in [1.807, 2.05) is 6.07 Å². The fourth-order valence-electron chi connectivity index (χ4n) is 1.10. The number of nitrogens with one attached hydrogen (secondary N) is 1. The summed E-state index contributed by atoms with van der Waals surface area (Å²) in [6.07, 6.45) is 2.37. The molecular weight excluding hydrogens is 271 g/mol. The molecule has 1 rings (SSSR count). The van der Waals surface area contributed by atoms with Crippen molar-refractivity contribution in [3.63, 3.8) is 0 Å². The van der Waals surface area contributed by atoms with E-state index in [0.717, 1.165) is 5.56 Å². The van der Waals surface area contributed by atoms with Gasteiger partial charge in [-0.05, 0) is 24.1 Å². The summed E-state index contributed by atoms with van der Waals surface area (Å²) in [6.45, 7) is 6.48. The minimum atomic E-state index is 0.113. The van der Waals surface area contributed by atoms with E-state index in [-0.39, 0.29) is 5.96 Å². The lowest BCUT2D eigenvalue weighted by Crippen LogP contribution is -2.27. The first-order valence-electron chi connectivity index (χ1n) is 5.02. The van der Waals surface area contributed by atoms with Crippen molar-refractivity contribution in [2.75, 3.05) is 6.54 Å². The van der Waals surface area contributed by atoms with Gasteiger partial charge in [0.2, 0.25) is 5.96 Å². The largest absolute Gasteiger partial charge is 0.369 e. The molecule has 0 heterocycles. The van der Waals surface area contributed by atoms with Crippen LogP contribution in [0.25, 0.3) is 0 Å². The van der Waals surface area contributed by atoms with Crippen LogP contribution in [-0.4, -0.2) is 12.5 Å². The summed E-state index contributed by atoms with van der Waals surface area (Å²) < 4.78 is 0. The van der Waals surface area contributed by atoms with E-state index in [1.165, 1.54) is 0 Å². The lowest BCUT2D eigenvalue weighted by molar-refractivity contribution is 0.954. The Balaban J connectivity index is 0.00000137. The predicted octanol–water partition coefficient (Wildman–Crippen LogP) is 2.72. The monoisotopic (exact) mass is 284 g/mol. The van der Waals surface area contributed by atoms with Crippen molar-refractivity contribution in [1.82, 2.24) is 5.32 Å². The Hall–Kier alpha value is -1.70. The van der Waals surface area contributed by atoms with Gasteiger partial charge < -0.3 is 5.73 Å². The van der Waals surface area contributed by atoms with Crippen LogP contribution in [0.15, 0.2) is 36.3 Å². The normalized spacial score (nSPS) is 9.94. The quantitative estimate of drug-likeness (QED) is 0.295. The second-order valence-corrected chi connectivity index (χ2v) is 3.82. The molecule has 0 bridgehead atoms. The average Bonchev–Trinajstić information content (AvgIpc) is 2.36. The zero-order chi connectivity index (χ0) is 14.0. The molecule has 0 amide bonds. The van der Waals surface area contributed by atoms with Crippen LogP contribution >= 0.6 is 23.2 Å². The number of nitriles is 1. The van der Waals surface area contributed by atoms with Crippen LogP contribution < -0.4 is 11.1 Å². The van der Waals surface area contributed by atoms with E-state index in [9.17, 15) is 0 Å². The van der Waals surface area contributed by atoms with E-state index >= 15 is 0 Å². The average molecular weight is 285 g/mol. The van der Waals surface area contributed by atoms with Gasteiger partial charge in [-0.2, -0.15) is 5.26 Å². The molecule has 96 valence electrons. The molecular formula is C12H14Cl2N4.